The number of benzene rings is 1. The SMILES string of the molecule is CCCC1CCC(C=C(C)c2ccc(C)cc2)CC1. The lowest BCUT2D eigenvalue weighted by atomic mass is 9.79. The zero-order chi connectivity index (χ0) is 13.7. The number of hydrogen-bond donors (Lipinski definition) is 0. The van der Waals surface area contributed by atoms with Crippen LogP contribution in [-0.2, 0) is 0 Å². The molecule has 0 unspecified atom stereocenters. The Morgan fingerprint density at radius 1 is 1.11 bits per heavy atom. The van der Waals surface area contributed by atoms with Crippen LogP contribution >= 0.6 is 0 Å². The van der Waals surface area contributed by atoms with Crippen molar-refractivity contribution in [2.75, 3.05) is 0 Å². The molecule has 0 aliphatic heterocycles. The second-order valence-corrected chi connectivity index (χ2v) is 6.29. The smallest absolute Gasteiger partial charge is 0.0227 e. The van der Waals surface area contributed by atoms with Gasteiger partial charge < -0.3 is 0 Å². The van der Waals surface area contributed by atoms with Crippen LogP contribution < -0.4 is 0 Å². The molecule has 0 heteroatoms. The van der Waals surface area contributed by atoms with E-state index in [4.69, 9.17) is 0 Å². The largest absolute Gasteiger partial charge is 0.0779 e. The minimum Gasteiger partial charge on any atom is -0.0779 e. The molecule has 1 fully saturated rings. The third kappa shape index (κ3) is 4.23. The summed E-state index contributed by atoms with van der Waals surface area (Å²) in [5.41, 5.74) is 4.19. The summed E-state index contributed by atoms with van der Waals surface area (Å²) >= 11 is 0. The molecule has 0 saturated heterocycles. The molecule has 0 bridgehead atoms. The van der Waals surface area contributed by atoms with Crippen LogP contribution in [-0.4, -0.2) is 0 Å². The minimum absolute atomic E-state index is 0.814. The summed E-state index contributed by atoms with van der Waals surface area (Å²) in [6.07, 6.45) is 11.0. The summed E-state index contributed by atoms with van der Waals surface area (Å²) in [5.74, 6) is 1.82. The Morgan fingerprint density at radius 2 is 1.74 bits per heavy atom. The van der Waals surface area contributed by atoms with Gasteiger partial charge in [0.25, 0.3) is 0 Å². The number of allylic oxidation sites excluding steroid dienone is 2. The quantitative estimate of drug-likeness (QED) is 0.619. The summed E-state index contributed by atoms with van der Waals surface area (Å²) in [7, 11) is 0. The van der Waals surface area contributed by atoms with Crippen LogP contribution in [0.1, 0.15) is 63.5 Å². The molecule has 0 heterocycles. The molecule has 1 aromatic carbocycles. The van der Waals surface area contributed by atoms with Gasteiger partial charge in [-0.05, 0) is 62.5 Å². The van der Waals surface area contributed by atoms with Crippen molar-refractivity contribution in [3.8, 4) is 0 Å². The molecular weight excluding hydrogens is 228 g/mol. The highest BCUT2D eigenvalue weighted by Gasteiger charge is 2.19. The highest BCUT2D eigenvalue weighted by molar-refractivity contribution is 5.64. The van der Waals surface area contributed by atoms with E-state index in [1.807, 2.05) is 0 Å². The topological polar surface area (TPSA) is 0 Å². The molecule has 0 amide bonds. The molecule has 2 rings (SSSR count). The molecule has 0 atom stereocenters. The summed E-state index contributed by atoms with van der Waals surface area (Å²) in [6.45, 7) is 6.73. The van der Waals surface area contributed by atoms with Crippen LogP contribution in [0.15, 0.2) is 30.3 Å². The molecule has 1 saturated carbocycles. The summed E-state index contributed by atoms with van der Waals surface area (Å²) < 4.78 is 0. The first-order chi connectivity index (χ1) is 9.19. The molecule has 1 aromatic rings. The van der Waals surface area contributed by atoms with Crippen LogP contribution in [0.25, 0.3) is 5.57 Å². The fraction of sp³-hybridized carbons (Fsp3) is 0.579. The first-order valence-electron chi connectivity index (χ1n) is 7.94. The standard InChI is InChI=1S/C19H28/c1-4-5-17-8-10-18(11-9-17)14-16(3)19-12-6-15(2)7-13-19/h6-7,12-14,17-18H,4-5,8-11H2,1-3H3. The maximum Gasteiger partial charge on any atom is -0.0227 e. The van der Waals surface area contributed by atoms with Crippen molar-refractivity contribution in [2.24, 2.45) is 11.8 Å². The van der Waals surface area contributed by atoms with E-state index in [0.717, 1.165) is 11.8 Å². The Kier molecular flexibility index (Phi) is 5.24. The lowest BCUT2D eigenvalue weighted by Crippen LogP contribution is -2.13. The number of aryl methyl sites for hydroxylation is 1. The van der Waals surface area contributed by atoms with Crippen molar-refractivity contribution in [1.29, 1.82) is 0 Å². The zero-order valence-electron chi connectivity index (χ0n) is 12.8. The number of rotatable bonds is 4. The zero-order valence-corrected chi connectivity index (χ0v) is 12.8. The van der Waals surface area contributed by atoms with Crippen LogP contribution in [0, 0.1) is 18.8 Å². The van der Waals surface area contributed by atoms with E-state index < -0.39 is 0 Å². The first kappa shape index (κ1) is 14.4. The maximum atomic E-state index is 2.52. The van der Waals surface area contributed by atoms with E-state index in [-0.39, 0.29) is 0 Å². The Balaban J connectivity index is 1.93. The van der Waals surface area contributed by atoms with Crippen molar-refractivity contribution in [1.82, 2.24) is 0 Å². The predicted octanol–water partition coefficient (Wildman–Crippen LogP) is 6.00. The van der Waals surface area contributed by atoms with Crippen molar-refractivity contribution in [2.45, 2.75) is 59.3 Å². The van der Waals surface area contributed by atoms with Gasteiger partial charge >= 0.3 is 0 Å². The van der Waals surface area contributed by atoms with Crippen molar-refractivity contribution < 1.29 is 0 Å². The van der Waals surface area contributed by atoms with Crippen LogP contribution in [0.3, 0.4) is 0 Å². The van der Waals surface area contributed by atoms with Gasteiger partial charge in [-0.1, -0.05) is 55.7 Å². The Morgan fingerprint density at radius 3 is 2.32 bits per heavy atom. The third-order valence-corrected chi connectivity index (χ3v) is 4.58. The normalized spacial score (nSPS) is 24.5. The van der Waals surface area contributed by atoms with Crippen LogP contribution in [0.4, 0.5) is 0 Å². The maximum absolute atomic E-state index is 2.52. The molecule has 0 radical (unpaired) electrons. The molecule has 0 aromatic heterocycles. The van der Waals surface area contributed by atoms with Crippen LogP contribution in [0.2, 0.25) is 0 Å². The van der Waals surface area contributed by atoms with Crippen molar-refractivity contribution >= 4 is 5.57 Å². The first-order valence-corrected chi connectivity index (χ1v) is 7.94. The van der Waals surface area contributed by atoms with Crippen molar-refractivity contribution in [3.63, 3.8) is 0 Å². The molecule has 1 aliphatic rings. The van der Waals surface area contributed by atoms with Gasteiger partial charge in [-0.2, -0.15) is 0 Å². The molecular formula is C19H28. The molecule has 0 nitrogen and oxygen atoms in total. The third-order valence-electron chi connectivity index (χ3n) is 4.58. The number of hydrogen-bond acceptors (Lipinski definition) is 0. The molecule has 19 heavy (non-hydrogen) atoms. The molecule has 1 aliphatic carbocycles. The average Bonchev–Trinajstić information content (AvgIpc) is 2.42. The predicted molar refractivity (Wildman–Crippen MR) is 85.2 cm³/mol. The van der Waals surface area contributed by atoms with Gasteiger partial charge in [-0.3, -0.25) is 0 Å². The van der Waals surface area contributed by atoms with E-state index in [2.05, 4.69) is 51.1 Å². The summed E-state index contributed by atoms with van der Waals surface area (Å²) in [4.78, 5) is 0. The van der Waals surface area contributed by atoms with Gasteiger partial charge in [0.1, 0.15) is 0 Å². The van der Waals surface area contributed by atoms with E-state index in [9.17, 15) is 0 Å². The highest BCUT2D eigenvalue weighted by Crippen LogP contribution is 2.33. The van der Waals surface area contributed by atoms with Gasteiger partial charge in [0.15, 0.2) is 0 Å². The average molecular weight is 256 g/mol. The lowest BCUT2D eigenvalue weighted by Gasteiger charge is -2.27. The minimum atomic E-state index is 0.814. The Labute approximate surface area is 118 Å². The van der Waals surface area contributed by atoms with E-state index in [1.54, 1.807) is 0 Å². The van der Waals surface area contributed by atoms with Gasteiger partial charge in [-0.15, -0.1) is 0 Å². The lowest BCUT2D eigenvalue weighted by molar-refractivity contribution is 0.294. The van der Waals surface area contributed by atoms with Gasteiger partial charge in [0, 0.05) is 0 Å². The molecule has 104 valence electrons. The highest BCUT2D eigenvalue weighted by atomic mass is 14.2. The van der Waals surface area contributed by atoms with Gasteiger partial charge in [0.2, 0.25) is 0 Å². The summed E-state index contributed by atoms with van der Waals surface area (Å²) in [5, 5.41) is 0. The van der Waals surface area contributed by atoms with E-state index >= 15 is 0 Å². The second-order valence-electron chi connectivity index (χ2n) is 6.29. The van der Waals surface area contributed by atoms with E-state index in [0.29, 0.717) is 0 Å². The Bertz CT molecular complexity index is 402. The second kappa shape index (κ2) is 6.93. The van der Waals surface area contributed by atoms with Crippen molar-refractivity contribution in [3.05, 3.63) is 41.5 Å². The molecule has 0 spiro atoms. The Hall–Kier alpha value is -1.04. The summed E-state index contributed by atoms with van der Waals surface area (Å²) in [6, 6.07) is 8.93. The fourth-order valence-electron chi connectivity index (χ4n) is 3.32. The van der Waals surface area contributed by atoms with Crippen LogP contribution in [0.5, 0.6) is 0 Å². The van der Waals surface area contributed by atoms with Gasteiger partial charge in [0.05, 0.1) is 0 Å². The fourth-order valence-corrected chi connectivity index (χ4v) is 3.32. The molecule has 0 N–H and O–H groups in total. The monoisotopic (exact) mass is 256 g/mol. The van der Waals surface area contributed by atoms with E-state index in [1.165, 1.54) is 55.2 Å². The van der Waals surface area contributed by atoms with Gasteiger partial charge in [-0.25, -0.2) is 0 Å².